The summed E-state index contributed by atoms with van der Waals surface area (Å²) in [5, 5.41) is 6.10. The fourth-order valence-corrected chi connectivity index (χ4v) is 0.758. The molecule has 0 saturated heterocycles. The van der Waals surface area contributed by atoms with Gasteiger partial charge in [-0.2, -0.15) is 4.98 Å². The van der Waals surface area contributed by atoms with E-state index in [-0.39, 0.29) is 19.0 Å². The van der Waals surface area contributed by atoms with Crippen LogP contribution >= 0.6 is 0 Å². The fourth-order valence-electron chi connectivity index (χ4n) is 0.758. The summed E-state index contributed by atoms with van der Waals surface area (Å²) in [4.78, 5) is 3.80. The molecule has 0 aliphatic rings. The van der Waals surface area contributed by atoms with Crippen molar-refractivity contribution in [3.8, 4) is 0 Å². The molecule has 0 aliphatic heterocycles. The Morgan fingerprint density at radius 1 is 1.54 bits per heavy atom. The van der Waals surface area contributed by atoms with Gasteiger partial charge >= 0.3 is 6.01 Å². The van der Waals surface area contributed by atoms with E-state index in [0.717, 1.165) is 6.92 Å². The Hall–Kier alpha value is -1.20. The molecule has 1 aromatic rings. The van der Waals surface area contributed by atoms with Gasteiger partial charge in [0.25, 0.3) is 0 Å². The van der Waals surface area contributed by atoms with E-state index in [9.17, 15) is 8.78 Å². The van der Waals surface area contributed by atoms with Crippen LogP contribution in [0.4, 0.5) is 14.8 Å². The van der Waals surface area contributed by atoms with Crippen molar-refractivity contribution >= 4 is 6.01 Å². The third-order valence-corrected chi connectivity index (χ3v) is 1.37. The van der Waals surface area contributed by atoms with Gasteiger partial charge in [-0.25, -0.2) is 8.78 Å². The molecule has 1 heterocycles. The number of aryl methyl sites for hydroxylation is 1. The summed E-state index contributed by atoms with van der Waals surface area (Å²) in [6.45, 7) is 2.64. The highest BCUT2D eigenvalue weighted by Gasteiger charge is 2.20. The van der Waals surface area contributed by atoms with Crippen molar-refractivity contribution in [3.05, 3.63) is 5.82 Å². The summed E-state index contributed by atoms with van der Waals surface area (Å²) in [5.74, 6) is -2.19. The third kappa shape index (κ3) is 3.82. The van der Waals surface area contributed by atoms with E-state index in [1.807, 2.05) is 0 Å². The maximum atomic E-state index is 12.3. The lowest BCUT2D eigenvalue weighted by Crippen LogP contribution is -2.16. The number of nitrogens with zero attached hydrogens (tertiary/aromatic N) is 2. The predicted octanol–water partition coefficient (Wildman–Crippen LogP) is 1.84. The normalized spacial score (nSPS) is 11.7. The molecule has 13 heavy (non-hydrogen) atoms. The van der Waals surface area contributed by atoms with Gasteiger partial charge in [0, 0.05) is 13.0 Å². The van der Waals surface area contributed by atoms with E-state index in [1.165, 1.54) is 0 Å². The Balaban J connectivity index is 2.28. The van der Waals surface area contributed by atoms with Gasteiger partial charge < -0.3 is 9.84 Å². The molecule has 0 aliphatic carbocycles. The summed E-state index contributed by atoms with van der Waals surface area (Å²) in [6.07, 6.45) is -0.256. The molecule has 0 amide bonds. The van der Waals surface area contributed by atoms with Gasteiger partial charge in [0.15, 0.2) is 5.82 Å². The Kier molecular flexibility index (Phi) is 2.79. The number of nitrogens with one attached hydrogen (secondary N) is 1. The molecule has 1 rings (SSSR count). The van der Waals surface area contributed by atoms with Crippen molar-refractivity contribution in [2.75, 3.05) is 11.9 Å². The van der Waals surface area contributed by atoms with E-state index in [2.05, 4.69) is 20.0 Å². The molecule has 0 unspecified atom stereocenters. The number of halogens is 2. The van der Waals surface area contributed by atoms with Gasteiger partial charge in [-0.05, 0) is 13.8 Å². The number of hydrogen-bond acceptors (Lipinski definition) is 4. The molecule has 0 bridgehead atoms. The maximum Gasteiger partial charge on any atom is 0.321 e. The van der Waals surface area contributed by atoms with Crippen molar-refractivity contribution in [2.24, 2.45) is 0 Å². The fraction of sp³-hybridized carbons (Fsp3) is 0.714. The second kappa shape index (κ2) is 3.68. The first-order chi connectivity index (χ1) is 5.97. The Labute approximate surface area is 74.3 Å². The number of anilines is 1. The topological polar surface area (TPSA) is 51.0 Å². The smallest absolute Gasteiger partial charge is 0.321 e. The molecule has 0 spiro atoms. The first-order valence-corrected chi connectivity index (χ1v) is 3.89. The zero-order valence-electron chi connectivity index (χ0n) is 7.47. The van der Waals surface area contributed by atoms with Crippen LogP contribution in [-0.2, 0) is 0 Å². The van der Waals surface area contributed by atoms with Crippen molar-refractivity contribution < 1.29 is 13.3 Å². The highest BCUT2D eigenvalue weighted by Crippen LogP contribution is 2.16. The molecule has 6 heteroatoms. The van der Waals surface area contributed by atoms with Crippen LogP contribution in [0.3, 0.4) is 0 Å². The highest BCUT2D eigenvalue weighted by atomic mass is 19.3. The van der Waals surface area contributed by atoms with Crippen LogP contribution in [-0.4, -0.2) is 22.6 Å². The molecule has 0 radical (unpaired) electrons. The molecule has 0 fully saturated rings. The van der Waals surface area contributed by atoms with Gasteiger partial charge in [-0.15, -0.1) is 0 Å². The van der Waals surface area contributed by atoms with Gasteiger partial charge in [-0.1, -0.05) is 5.16 Å². The molecular weight excluding hydrogens is 180 g/mol. The van der Waals surface area contributed by atoms with Crippen LogP contribution in [0.15, 0.2) is 4.52 Å². The molecular formula is C7H11F2N3O. The summed E-state index contributed by atoms with van der Waals surface area (Å²) >= 11 is 0. The minimum absolute atomic E-state index is 0.116. The zero-order valence-corrected chi connectivity index (χ0v) is 7.47. The number of rotatable bonds is 4. The van der Waals surface area contributed by atoms with E-state index in [1.54, 1.807) is 6.92 Å². The first-order valence-electron chi connectivity index (χ1n) is 3.89. The van der Waals surface area contributed by atoms with E-state index in [0.29, 0.717) is 5.82 Å². The number of hydrogen-bond donors (Lipinski definition) is 1. The van der Waals surface area contributed by atoms with Gasteiger partial charge in [0.2, 0.25) is 5.92 Å². The lowest BCUT2D eigenvalue weighted by atomic mass is 10.3. The number of alkyl halides is 2. The lowest BCUT2D eigenvalue weighted by Gasteiger charge is -2.08. The average Bonchev–Trinajstić information content (AvgIpc) is 2.33. The van der Waals surface area contributed by atoms with Gasteiger partial charge in [0.1, 0.15) is 0 Å². The number of aromatic nitrogens is 2. The van der Waals surface area contributed by atoms with Crippen molar-refractivity contribution in [1.82, 2.24) is 10.1 Å². The SMILES string of the molecule is Cc1noc(NCCC(C)(F)F)n1. The Morgan fingerprint density at radius 3 is 2.69 bits per heavy atom. The zero-order chi connectivity index (χ0) is 9.90. The van der Waals surface area contributed by atoms with E-state index >= 15 is 0 Å². The molecule has 1 aromatic heterocycles. The second-order valence-corrected chi connectivity index (χ2v) is 2.89. The minimum atomic E-state index is -2.66. The standard InChI is InChI=1S/C7H11F2N3O/c1-5-11-6(13-12-5)10-4-3-7(2,8)9/h3-4H2,1-2H3,(H,10,11,12). The second-order valence-electron chi connectivity index (χ2n) is 2.89. The quantitative estimate of drug-likeness (QED) is 0.788. The average molecular weight is 191 g/mol. The van der Waals surface area contributed by atoms with Crippen molar-refractivity contribution in [1.29, 1.82) is 0 Å². The molecule has 0 aromatic carbocycles. The van der Waals surface area contributed by atoms with Gasteiger partial charge in [0.05, 0.1) is 0 Å². The summed E-state index contributed by atoms with van der Waals surface area (Å²) in [5.41, 5.74) is 0. The maximum absolute atomic E-state index is 12.3. The molecule has 0 saturated carbocycles. The summed E-state index contributed by atoms with van der Waals surface area (Å²) in [7, 11) is 0. The lowest BCUT2D eigenvalue weighted by molar-refractivity contribution is 0.0165. The summed E-state index contributed by atoms with van der Waals surface area (Å²) in [6, 6.07) is 0.182. The largest absolute Gasteiger partial charge is 0.338 e. The molecule has 1 N–H and O–H groups in total. The molecule has 4 nitrogen and oxygen atoms in total. The van der Waals surface area contributed by atoms with E-state index < -0.39 is 5.92 Å². The predicted molar refractivity (Wildman–Crippen MR) is 42.8 cm³/mol. The summed E-state index contributed by atoms with van der Waals surface area (Å²) < 4.78 is 29.3. The van der Waals surface area contributed by atoms with Crippen LogP contribution in [0.25, 0.3) is 0 Å². The Morgan fingerprint density at radius 2 is 2.23 bits per heavy atom. The highest BCUT2D eigenvalue weighted by molar-refractivity contribution is 5.17. The van der Waals surface area contributed by atoms with Crippen LogP contribution in [0.2, 0.25) is 0 Å². The minimum Gasteiger partial charge on any atom is -0.338 e. The van der Waals surface area contributed by atoms with Crippen molar-refractivity contribution in [2.45, 2.75) is 26.2 Å². The van der Waals surface area contributed by atoms with Crippen LogP contribution in [0, 0.1) is 6.92 Å². The van der Waals surface area contributed by atoms with Crippen LogP contribution < -0.4 is 5.32 Å². The van der Waals surface area contributed by atoms with Crippen molar-refractivity contribution in [3.63, 3.8) is 0 Å². The van der Waals surface area contributed by atoms with Gasteiger partial charge in [-0.3, -0.25) is 0 Å². The van der Waals surface area contributed by atoms with E-state index in [4.69, 9.17) is 0 Å². The first kappa shape index (κ1) is 9.88. The van der Waals surface area contributed by atoms with Crippen LogP contribution in [0.1, 0.15) is 19.2 Å². The Bertz CT molecular complexity index is 269. The van der Waals surface area contributed by atoms with Crippen LogP contribution in [0.5, 0.6) is 0 Å². The molecule has 0 atom stereocenters. The monoisotopic (exact) mass is 191 g/mol. The molecule has 74 valence electrons. The third-order valence-electron chi connectivity index (χ3n) is 1.37.